The van der Waals surface area contributed by atoms with Gasteiger partial charge in [0.1, 0.15) is 0 Å². The molecule has 4 atom stereocenters. The molecule has 19 heavy (non-hydrogen) atoms. The summed E-state index contributed by atoms with van der Waals surface area (Å²) in [6.07, 6.45) is 10.8. The summed E-state index contributed by atoms with van der Waals surface area (Å²) in [6, 6.07) is 2.21. The molecule has 3 fully saturated rings. The number of carbonyl (C=O) groups is 1. The highest BCUT2D eigenvalue weighted by Crippen LogP contribution is 2.45. The number of carboxylic acid groups (broad SMARTS) is 1. The number of hydrogen-bond acceptors (Lipinski definition) is 2. The molecule has 0 aromatic rings. The molecule has 4 unspecified atom stereocenters. The van der Waals surface area contributed by atoms with Gasteiger partial charge in [-0.25, -0.2) is 0 Å². The molecule has 3 rings (SSSR count). The number of fused-ring (bicyclic) bond motifs is 2. The summed E-state index contributed by atoms with van der Waals surface area (Å²) in [6.45, 7) is 2.32. The predicted octanol–water partition coefficient (Wildman–Crippen LogP) is 3.28. The van der Waals surface area contributed by atoms with Crippen molar-refractivity contribution in [2.24, 2.45) is 11.8 Å². The lowest BCUT2D eigenvalue weighted by Crippen LogP contribution is -2.48. The summed E-state index contributed by atoms with van der Waals surface area (Å²) in [4.78, 5) is 13.7. The van der Waals surface area contributed by atoms with Gasteiger partial charge in [-0.2, -0.15) is 0 Å². The molecule has 3 aliphatic rings. The van der Waals surface area contributed by atoms with Gasteiger partial charge < -0.3 is 5.11 Å². The van der Waals surface area contributed by atoms with Gasteiger partial charge in [-0.05, 0) is 56.8 Å². The lowest BCUT2D eigenvalue weighted by molar-refractivity contribution is -0.138. The number of nitrogens with zero attached hydrogens (tertiary/aromatic N) is 1. The Morgan fingerprint density at radius 3 is 2.00 bits per heavy atom. The topological polar surface area (TPSA) is 40.5 Å². The van der Waals surface area contributed by atoms with E-state index in [9.17, 15) is 4.79 Å². The van der Waals surface area contributed by atoms with Gasteiger partial charge in [0.25, 0.3) is 0 Å². The van der Waals surface area contributed by atoms with Crippen molar-refractivity contribution in [3.8, 4) is 0 Å². The Balaban J connectivity index is 1.62. The SMILES string of the molecule is CCC1CCC(N2C3CCC2CC(CC(=O)O)C3)C1. The Bertz CT molecular complexity index is 330. The minimum atomic E-state index is -0.607. The van der Waals surface area contributed by atoms with Crippen LogP contribution < -0.4 is 0 Å². The van der Waals surface area contributed by atoms with Crippen LogP contribution in [0.3, 0.4) is 0 Å². The van der Waals surface area contributed by atoms with Crippen LogP contribution in [0, 0.1) is 11.8 Å². The van der Waals surface area contributed by atoms with E-state index in [0.717, 1.165) is 24.8 Å². The van der Waals surface area contributed by atoms with Crippen LogP contribution in [-0.2, 0) is 4.79 Å². The second-order valence-electron chi connectivity index (χ2n) is 7.01. The average Bonchev–Trinajstić information content (AvgIpc) is 2.91. The molecular weight excluding hydrogens is 238 g/mol. The summed E-state index contributed by atoms with van der Waals surface area (Å²) in [5, 5.41) is 8.99. The van der Waals surface area contributed by atoms with Crippen LogP contribution >= 0.6 is 0 Å². The molecule has 2 heterocycles. The molecule has 0 aromatic heterocycles. The van der Waals surface area contributed by atoms with Crippen molar-refractivity contribution >= 4 is 5.97 Å². The zero-order valence-electron chi connectivity index (χ0n) is 12.1. The number of piperidine rings is 1. The Kier molecular flexibility index (Phi) is 3.84. The van der Waals surface area contributed by atoms with Crippen LogP contribution in [-0.4, -0.2) is 34.1 Å². The third kappa shape index (κ3) is 2.67. The van der Waals surface area contributed by atoms with Crippen molar-refractivity contribution < 1.29 is 9.90 Å². The third-order valence-corrected chi connectivity index (χ3v) is 5.86. The number of hydrogen-bond donors (Lipinski definition) is 1. The van der Waals surface area contributed by atoms with Gasteiger partial charge in [0, 0.05) is 24.5 Å². The lowest BCUT2D eigenvalue weighted by Gasteiger charge is -2.42. The normalized spacial score (nSPS) is 42.7. The quantitative estimate of drug-likeness (QED) is 0.848. The fraction of sp³-hybridized carbons (Fsp3) is 0.938. The molecular formula is C16H27NO2. The van der Waals surface area contributed by atoms with E-state index in [2.05, 4.69) is 11.8 Å². The van der Waals surface area contributed by atoms with Gasteiger partial charge in [-0.3, -0.25) is 9.69 Å². The first kappa shape index (κ1) is 13.4. The second kappa shape index (κ2) is 5.43. The smallest absolute Gasteiger partial charge is 0.303 e. The summed E-state index contributed by atoms with van der Waals surface area (Å²) in [5.74, 6) is 0.778. The van der Waals surface area contributed by atoms with E-state index >= 15 is 0 Å². The first-order valence-electron chi connectivity index (χ1n) is 8.16. The summed E-state index contributed by atoms with van der Waals surface area (Å²) >= 11 is 0. The van der Waals surface area contributed by atoms with Crippen molar-refractivity contribution in [3.05, 3.63) is 0 Å². The molecule has 1 N–H and O–H groups in total. The van der Waals surface area contributed by atoms with Crippen LogP contribution in [0.2, 0.25) is 0 Å². The van der Waals surface area contributed by atoms with E-state index in [1.807, 2.05) is 0 Å². The van der Waals surface area contributed by atoms with Gasteiger partial charge in [-0.15, -0.1) is 0 Å². The fourth-order valence-electron chi connectivity index (χ4n) is 5.03. The van der Waals surface area contributed by atoms with E-state index in [0.29, 0.717) is 24.4 Å². The van der Waals surface area contributed by atoms with E-state index in [-0.39, 0.29) is 0 Å². The van der Waals surface area contributed by atoms with Gasteiger partial charge in [0.15, 0.2) is 0 Å². The Hall–Kier alpha value is -0.570. The number of carboxylic acids is 1. The van der Waals surface area contributed by atoms with Crippen molar-refractivity contribution in [1.82, 2.24) is 4.90 Å². The molecule has 3 nitrogen and oxygen atoms in total. The molecule has 0 spiro atoms. The van der Waals surface area contributed by atoms with Gasteiger partial charge >= 0.3 is 5.97 Å². The highest BCUT2D eigenvalue weighted by molar-refractivity contribution is 5.67. The average molecular weight is 265 g/mol. The van der Waals surface area contributed by atoms with Gasteiger partial charge in [0.2, 0.25) is 0 Å². The minimum Gasteiger partial charge on any atom is -0.481 e. The van der Waals surface area contributed by atoms with Crippen molar-refractivity contribution in [3.63, 3.8) is 0 Å². The monoisotopic (exact) mass is 265 g/mol. The molecule has 3 heteroatoms. The first-order valence-corrected chi connectivity index (χ1v) is 8.16. The molecule has 0 aromatic carbocycles. The van der Waals surface area contributed by atoms with E-state index in [4.69, 9.17) is 5.11 Å². The Morgan fingerprint density at radius 2 is 1.53 bits per heavy atom. The van der Waals surface area contributed by atoms with E-state index in [1.165, 1.54) is 38.5 Å². The molecule has 0 amide bonds. The van der Waals surface area contributed by atoms with E-state index < -0.39 is 5.97 Å². The fourth-order valence-corrected chi connectivity index (χ4v) is 5.03. The molecule has 1 aliphatic carbocycles. The van der Waals surface area contributed by atoms with Crippen molar-refractivity contribution in [2.75, 3.05) is 0 Å². The predicted molar refractivity (Wildman–Crippen MR) is 75.0 cm³/mol. The summed E-state index contributed by atoms with van der Waals surface area (Å²) < 4.78 is 0. The third-order valence-electron chi connectivity index (χ3n) is 5.86. The van der Waals surface area contributed by atoms with Crippen LogP contribution in [0.25, 0.3) is 0 Å². The van der Waals surface area contributed by atoms with Crippen LogP contribution in [0.1, 0.15) is 64.7 Å². The molecule has 0 radical (unpaired) electrons. The highest BCUT2D eigenvalue weighted by atomic mass is 16.4. The van der Waals surface area contributed by atoms with Crippen LogP contribution in [0.4, 0.5) is 0 Å². The van der Waals surface area contributed by atoms with Crippen molar-refractivity contribution in [1.29, 1.82) is 0 Å². The minimum absolute atomic E-state index is 0.392. The second-order valence-corrected chi connectivity index (χ2v) is 7.01. The van der Waals surface area contributed by atoms with Crippen molar-refractivity contribution in [2.45, 2.75) is 82.8 Å². The van der Waals surface area contributed by atoms with Crippen LogP contribution in [0.5, 0.6) is 0 Å². The summed E-state index contributed by atoms with van der Waals surface area (Å²) in [5.41, 5.74) is 0. The molecule has 108 valence electrons. The van der Waals surface area contributed by atoms with E-state index in [1.54, 1.807) is 0 Å². The maximum Gasteiger partial charge on any atom is 0.303 e. The largest absolute Gasteiger partial charge is 0.481 e. The molecule has 1 saturated carbocycles. The summed E-state index contributed by atoms with van der Waals surface area (Å²) in [7, 11) is 0. The maximum atomic E-state index is 10.9. The number of aliphatic carboxylic acids is 1. The van der Waals surface area contributed by atoms with Gasteiger partial charge in [0.05, 0.1) is 0 Å². The Morgan fingerprint density at radius 1 is 1.00 bits per heavy atom. The number of rotatable bonds is 4. The molecule has 2 bridgehead atoms. The first-order chi connectivity index (χ1) is 9.17. The zero-order chi connectivity index (χ0) is 13.4. The maximum absolute atomic E-state index is 10.9. The Labute approximate surface area is 116 Å². The molecule has 2 aliphatic heterocycles. The standard InChI is InChI=1S/C16H27NO2/c1-2-11-3-4-13(7-11)17-14-5-6-15(17)9-12(8-14)10-16(18)19/h11-15H,2-10H2,1H3,(H,18,19). The zero-order valence-corrected chi connectivity index (χ0v) is 12.1. The highest BCUT2D eigenvalue weighted by Gasteiger charge is 2.45. The molecule has 2 saturated heterocycles. The van der Waals surface area contributed by atoms with Crippen LogP contribution in [0.15, 0.2) is 0 Å². The van der Waals surface area contributed by atoms with Gasteiger partial charge in [-0.1, -0.05) is 13.3 Å². The lowest BCUT2D eigenvalue weighted by atomic mass is 9.87.